The van der Waals surface area contributed by atoms with Crippen molar-refractivity contribution >= 4 is 34.8 Å². The lowest BCUT2D eigenvalue weighted by Crippen LogP contribution is -1.97. The molecule has 0 amide bonds. The Labute approximate surface area is 139 Å². The minimum absolute atomic E-state index is 0.313. The summed E-state index contributed by atoms with van der Waals surface area (Å²) in [6.07, 6.45) is 3.52. The van der Waals surface area contributed by atoms with Crippen LogP contribution in [0.25, 0.3) is 0 Å². The monoisotopic (exact) mass is 340 g/mol. The van der Waals surface area contributed by atoms with Crippen LogP contribution >= 0.6 is 34.8 Å². The van der Waals surface area contributed by atoms with Crippen molar-refractivity contribution in [1.82, 2.24) is 0 Å². The highest BCUT2D eigenvalue weighted by Gasteiger charge is 2.19. The van der Waals surface area contributed by atoms with Crippen molar-refractivity contribution in [3.63, 3.8) is 0 Å². The van der Waals surface area contributed by atoms with Gasteiger partial charge in [0, 0.05) is 11.1 Å². The molecule has 1 atom stereocenters. The molecule has 21 heavy (non-hydrogen) atoms. The number of halogens is 3. The minimum atomic E-state index is -0.313. The number of rotatable bonds is 3. The largest absolute Gasteiger partial charge is 0.495 e. The lowest BCUT2D eigenvalue weighted by molar-refractivity contribution is 0.415. The normalized spacial score (nSPS) is 14.9. The lowest BCUT2D eigenvalue weighted by Gasteiger charge is -2.15. The zero-order valence-electron chi connectivity index (χ0n) is 11.6. The molecule has 0 N–H and O–H groups in total. The summed E-state index contributed by atoms with van der Waals surface area (Å²) in [6, 6.07) is 9.94. The zero-order chi connectivity index (χ0) is 15.0. The van der Waals surface area contributed by atoms with Crippen LogP contribution in [0.1, 0.15) is 34.1 Å². The van der Waals surface area contributed by atoms with E-state index >= 15 is 0 Å². The molecular formula is C17H15Cl3O. The second-order valence-electron chi connectivity index (χ2n) is 5.25. The van der Waals surface area contributed by atoms with Gasteiger partial charge in [-0.3, -0.25) is 0 Å². The van der Waals surface area contributed by atoms with E-state index in [1.807, 2.05) is 0 Å². The molecule has 110 valence electrons. The average molecular weight is 342 g/mol. The molecule has 2 aromatic rings. The van der Waals surface area contributed by atoms with Crippen molar-refractivity contribution < 1.29 is 4.74 Å². The summed E-state index contributed by atoms with van der Waals surface area (Å²) >= 11 is 19.1. The van der Waals surface area contributed by atoms with Crippen LogP contribution in [0.4, 0.5) is 0 Å². The summed E-state index contributed by atoms with van der Waals surface area (Å²) in [5, 5.41) is 0.771. The fraction of sp³-hybridized carbons (Fsp3) is 0.294. The van der Waals surface area contributed by atoms with Crippen LogP contribution in [0.3, 0.4) is 0 Å². The highest BCUT2D eigenvalue weighted by atomic mass is 35.5. The van der Waals surface area contributed by atoms with Gasteiger partial charge in [-0.05, 0) is 47.6 Å². The summed E-state index contributed by atoms with van der Waals surface area (Å²) in [4.78, 5) is 0. The Kier molecular flexibility index (Phi) is 4.35. The first-order valence-corrected chi connectivity index (χ1v) is 8.08. The molecule has 1 aliphatic carbocycles. The number of fused-ring (bicyclic) bond motifs is 1. The fourth-order valence-electron chi connectivity index (χ4n) is 2.82. The quantitative estimate of drug-likeness (QED) is 0.639. The van der Waals surface area contributed by atoms with E-state index in [9.17, 15) is 0 Å². The fourth-order valence-corrected chi connectivity index (χ4v) is 3.71. The van der Waals surface area contributed by atoms with Gasteiger partial charge in [-0.25, -0.2) is 0 Å². The molecule has 0 aliphatic heterocycles. The first-order valence-electron chi connectivity index (χ1n) is 6.89. The Hall–Kier alpha value is -0.890. The molecule has 0 bridgehead atoms. The summed E-state index contributed by atoms with van der Waals surface area (Å²) in [5.41, 5.74) is 4.69. The minimum Gasteiger partial charge on any atom is -0.495 e. The van der Waals surface area contributed by atoms with Crippen molar-refractivity contribution in [2.24, 2.45) is 0 Å². The van der Waals surface area contributed by atoms with Crippen LogP contribution in [0.5, 0.6) is 5.75 Å². The molecule has 0 radical (unpaired) electrons. The third-order valence-electron chi connectivity index (χ3n) is 3.96. The molecule has 1 aliphatic rings. The Bertz CT molecular complexity index is 682. The first-order chi connectivity index (χ1) is 10.1. The molecule has 3 rings (SSSR count). The molecule has 0 saturated heterocycles. The van der Waals surface area contributed by atoms with E-state index in [1.54, 1.807) is 19.2 Å². The van der Waals surface area contributed by atoms with Gasteiger partial charge in [0.2, 0.25) is 0 Å². The predicted octanol–water partition coefficient (Wildman–Crippen LogP) is 5.82. The van der Waals surface area contributed by atoms with Gasteiger partial charge in [-0.1, -0.05) is 41.4 Å². The zero-order valence-corrected chi connectivity index (χ0v) is 13.9. The molecule has 1 unspecified atom stereocenters. The summed E-state index contributed by atoms with van der Waals surface area (Å²) in [5.74, 6) is 0.559. The Morgan fingerprint density at radius 1 is 1.00 bits per heavy atom. The number of hydrogen-bond donors (Lipinski definition) is 0. The maximum atomic E-state index is 6.62. The van der Waals surface area contributed by atoms with E-state index in [-0.39, 0.29) is 5.38 Å². The summed E-state index contributed by atoms with van der Waals surface area (Å²) in [6.45, 7) is 0. The third-order valence-corrected chi connectivity index (χ3v) is 5.07. The first kappa shape index (κ1) is 15.0. The van der Waals surface area contributed by atoms with Gasteiger partial charge in [-0.15, -0.1) is 11.6 Å². The molecule has 4 heteroatoms. The standard InChI is InChI=1S/C17H15Cl3O/c1-21-16-9-14(18)13(8-15(16)19)17(20)12-6-5-10-3-2-4-11(10)7-12/h5-9,17H,2-4H2,1H3. The van der Waals surface area contributed by atoms with E-state index in [4.69, 9.17) is 39.5 Å². The Morgan fingerprint density at radius 3 is 2.52 bits per heavy atom. The molecule has 0 heterocycles. The number of benzene rings is 2. The topological polar surface area (TPSA) is 9.23 Å². The van der Waals surface area contributed by atoms with Crippen LogP contribution in [0, 0.1) is 0 Å². The number of alkyl halides is 1. The van der Waals surface area contributed by atoms with Gasteiger partial charge in [0.1, 0.15) is 5.75 Å². The van der Waals surface area contributed by atoms with E-state index < -0.39 is 0 Å². The molecule has 2 aromatic carbocycles. The highest BCUT2D eigenvalue weighted by Crippen LogP contribution is 2.40. The third kappa shape index (κ3) is 2.88. The predicted molar refractivity (Wildman–Crippen MR) is 89.2 cm³/mol. The number of ether oxygens (including phenoxy) is 1. The van der Waals surface area contributed by atoms with Gasteiger partial charge < -0.3 is 4.74 Å². The smallest absolute Gasteiger partial charge is 0.138 e. The van der Waals surface area contributed by atoms with Crippen LogP contribution in [-0.4, -0.2) is 7.11 Å². The molecule has 0 saturated carbocycles. The van der Waals surface area contributed by atoms with Gasteiger partial charge in [-0.2, -0.15) is 0 Å². The lowest BCUT2D eigenvalue weighted by atomic mass is 10.00. The van der Waals surface area contributed by atoms with Crippen LogP contribution in [0.2, 0.25) is 10.0 Å². The van der Waals surface area contributed by atoms with Crippen molar-refractivity contribution in [3.05, 3.63) is 62.6 Å². The van der Waals surface area contributed by atoms with E-state index in [2.05, 4.69) is 18.2 Å². The van der Waals surface area contributed by atoms with E-state index in [1.165, 1.54) is 17.5 Å². The van der Waals surface area contributed by atoms with Crippen molar-refractivity contribution in [3.8, 4) is 5.75 Å². The molecule has 1 nitrogen and oxygen atoms in total. The number of aryl methyl sites for hydroxylation is 2. The van der Waals surface area contributed by atoms with Crippen LogP contribution in [0.15, 0.2) is 30.3 Å². The van der Waals surface area contributed by atoms with Gasteiger partial charge >= 0.3 is 0 Å². The number of hydrogen-bond acceptors (Lipinski definition) is 1. The van der Waals surface area contributed by atoms with Gasteiger partial charge in [0.25, 0.3) is 0 Å². The van der Waals surface area contributed by atoms with Crippen LogP contribution in [-0.2, 0) is 12.8 Å². The Balaban J connectivity index is 1.98. The van der Waals surface area contributed by atoms with Gasteiger partial charge in [0.15, 0.2) is 0 Å². The SMILES string of the molecule is COc1cc(Cl)c(C(Cl)c2ccc3c(c2)CCC3)cc1Cl. The van der Waals surface area contributed by atoms with E-state index in [0.717, 1.165) is 24.0 Å². The summed E-state index contributed by atoms with van der Waals surface area (Å²) in [7, 11) is 1.57. The number of methoxy groups -OCH3 is 1. The molecule has 0 aromatic heterocycles. The van der Waals surface area contributed by atoms with Crippen molar-refractivity contribution in [1.29, 1.82) is 0 Å². The molecule has 0 spiro atoms. The second kappa shape index (κ2) is 6.08. The van der Waals surface area contributed by atoms with Crippen molar-refractivity contribution in [2.75, 3.05) is 7.11 Å². The van der Waals surface area contributed by atoms with Gasteiger partial charge in [0.05, 0.1) is 17.5 Å². The van der Waals surface area contributed by atoms with E-state index in [0.29, 0.717) is 15.8 Å². The average Bonchev–Trinajstić information content (AvgIpc) is 2.95. The van der Waals surface area contributed by atoms with Crippen LogP contribution < -0.4 is 4.74 Å². The highest BCUT2D eigenvalue weighted by molar-refractivity contribution is 6.36. The maximum Gasteiger partial charge on any atom is 0.138 e. The molecular weight excluding hydrogens is 327 g/mol. The second-order valence-corrected chi connectivity index (χ2v) is 6.50. The molecule has 0 fully saturated rings. The Morgan fingerprint density at radius 2 is 1.76 bits per heavy atom. The summed E-state index contributed by atoms with van der Waals surface area (Å²) < 4.78 is 5.17. The maximum absolute atomic E-state index is 6.62. The van der Waals surface area contributed by atoms with Crippen molar-refractivity contribution in [2.45, 2.75) is 24.6 Å².